The van der Waals surface area contributed by atoms with Crippen LogP contribution in [0.5, 0.6) is 0 Å². The summed E-state index contributed by atoms with van der Waals surface area (Å²) in [4.78, 5) is 14.1. The molecule has 1 aromatic heterocycles. The van der Waals surface area contributed by atoms with E-state index in [9.17, 15) is 4.79 Å². The molecule has 0 aliphatic rings. The zero-order valence-corrected chi connectivity index (χ0v) is 11.5. The molecule has 17 heavy (non-hydrogen) atoms. The van der Waals surface area contributed by atoms with Gasteiger partial charge in [-0.3, -0.25) is 9.48 Å². The molecule has 0 aliphatic heterocycles. The molecule has 0 N–H and O–H groups in total. The number of carbonyl (C=O) groups excluding carboxylic acids is 1. The Labute approximate surface area is 108 Å². The maximum Gasteiger partial charge on any atom is 0.257 e. The van der Waals surface area contributed by atoms with Crippen LogP contribution in [0.15, 0.2) is 6.20 Å². The number of halogens is 1. The van der Waals surface area contributed by atoms with Gasteiger partial charge in [-0.15, -0.1) is 11.6 Å². The number of hydrogen-bond donors (Lipinski definition) is 0. The van der Waals surface area contributed by atoms with Gasteiger partial charge in [0.25, 0.3) is 5.91 Å². The smallest absolute Gasteiger partial charge is 0.257 e. The molecule has 4 nitrogen and oxygen atoms in total. The maximum absolute atomic E-state index is 12.3. The molecule has 0 unspecified atom stereocenters. The van der Waals surface area contributed by atoms with Crippen LogP contribution in [-0.2, 0) is 7.05 Å². The standard InChI is InChI=1S/C12H20ClN3O/c1-4-5-7-16(8-6-13)12(17)11-9-14-15(3)10(11)2/h9H,4-8H2,1-3H3. The van der Waals surface area contributed by atoms with Gasteiger partial charge in [0.2, 0.25) is 0 Å². The van der Waals surface area contributed by atoms with Crippen LogP contribution in [0, 0.1) is 6.92 Å². The van der Waals surface area contributed by atoms with Gasteiger partial charge < -0.3 is 4.90 Å². The van der Waals surface area contributed by atoms with Crippen molar-refractivity contribution in [1.82, 2.24) is 14.7 Å². The third-order valence-corrected chi connectivity index (χ3v) is 3.06. The summed E-state index contributed by atoms with van der Waals surface area (Å²) in [5.74, 6) is 0.499. The van der Waals surface area contributed by atoms with Gasteiger partial charge in [-0.05, 0) is 13.3 Å². The minimum Gasteiger partial charge on any atom is -0.337 e. The first-order valence-corrected chi connectivity index (χ1v) is 6.49. The molecule has 0 atom stereocenters. The predicted octanol–water partition coefficient (Wildman–Crippen LogP) is 2.21. The number of hydrogen-bond acceptors (Lipinski definition) is 2. The molecule has 96 valence electrons. The Morgan fingerprint density at radius 1 is 1.53 bits per heavy atom. The number of carbonyl (C=O) groups is 1. The zero-order valence-electron chi connectivity index (χ0n) is 10.7. The Morgan fingerprint density at radius 3 is 2.71 bits per heavy atom. The molecule has 0 spiro atoms. The largest absolute Gasteiger partial charge is 0.337 e. The SMILES string of the molecule is CCCCN(CCCl)C(=O)c1cnn(C)c1C. The number of amides is 1. The summed E-state index contributed by atoms with van der Waals surface area (Å²) >= 11 is 5.74. The molecule has 0 saturated carbocycles. The molecule has 0 aromatic carbocycles. The molecular weight excluding hydrogens is 238 g/mol. The van der Waals surface area contributed by atoms with E-state index in [1.165, 1.54) is 0 Å². The first-order chi connectivity index (χ1) is 8.11. The third kappa shape index (κ3) is 3.46. The van der Waals surface area contributed by atoms with E-state index < -0.39 is 0 Å². The minimum absolute atomic E-state index is 0.0321. The first-order valence-electron chi connectivity index (χ1n) is 5.95. The van der Waals surface area contributed by atoms with Crippen molar-refractivity contribution in [3.8, 4) is 0 Å². The average Bonchev–Trinajstić information content (AvgIpc) is 2.65. The lowest BCUT2D eigenvalue weighted by Crippen LogP contribution is -2.34. The van der Waals surface area contributed by atoms with E-state index in [0.717, 1.165) is 25.1 Å². The molecule has 0 radical (unpaired) electrons. The highest BCUT2D eigenvalue weighted by Crippen LogP contribution is 2.10. The van der Waals surface area contributed by atoms with Crippen molar-refractivity contribution in [2.45, 2.75) is 26.7 Å². The van der Waals surface area contributed by atoms with Crippen LogP contribution >= 0.6 is 11.6 Å². The number of unbranched alkanes of at least 4 members (excludes halogenated alkanes) is 1. The van der Waals surface area contributed by atoms with E-state index in [4.69, 9.17) is 11.6 Å². The number of alkyl halides is 1. The lowest BCUT2D eigenvalue weighted by atomic mass is 10.2. The Morgan fingerprint density at radius 2 is 2.24 bits per heavy atom. The fraction of sp³-hybridized carbons (Fsp3) is 0.667. The molecule has 0 bridgehead atoms. The molecule has 0 aliphatic carbocycles. The van der Waals surface area contributed by atoms with Crippen molar-refractivity contribution in [2.24, 2.45) is 7.05 Å². The molecule has 1 aromatic rings. The lowest BCUT2D eigenvalue weighted by Gasteiger charge is -2.21. The fourth-order valence-corrected chi connectivity index (χ4v) is 1.85. The van der Waals surface area contributed by atoms with Gasteiger partial charge in [0.15, 0.2) is 0 Å². The number of aromatic nitrogens is 2. The van der Waals surface area contributed by atoms with Gasteiger partial charge in [0.1, 0.15) is 0 Å². The minimum atomic E-state index is 0.0321. The molecule has 0 fully saturated rings. The second kappa shape index (κ2) is 6.64. The van der Waals surface area contributed by atoms with E-state index in [1.54, 1.807) is 15.8 Å². The average molecular weight is 258 g/mol. The summed E-state index contributed by atoms with van der Waals surface area (Å²) in [5.41, 5.74) is 1.57. The van der Waals surface area contributed by atoms with Crippen LogP contribution in [0.2, 0.25) is 0 Å². The van der Waals surface area contributed by atoms with Crippen molar-refractivity contribution in [1.29, 1.82) is 0 Å². The van der Waals surface area contributed by atoms with Crippen LogP contribution in [0.3, 0.4) is 0 Å². The number of rotatable bonds is 6. The van der Waals surface area contributed by atoms with Crippen molar-refractivity contribution in [3.63, 3.8) is 0 Å². The molecule has 1 amide bonds. The van der Waals surface area contributed by atoms with E-state index >= 15 is 0 Å². The molecule has 1 rings (SSSR count). The molecule has 5 heteroatoms. The monoisotopic (exact) mass is 257 g/mol. The fourth-order valence-electron chi connectivity index (χ4n) is 1.64. The highest BCUT2D eigenvalue weighted by atomic mass is 35.5. The first kappa shape index (κ1) is 14.0. The number of aryl methyl sites for hydroxylation is 1. The van der Waals surface area contributed by atoms with Gasteiger partial charge in [0, 0.05) is 31.7 Å². The zero-order chi connectivity index (χ0) is 12.8. The van der Waals surface area contributed by atoms with Crippen LogP contribution in [0.1, 0.15) is 35.8 Å². The van der Waals surface area contributed by atoms with Crippen molar-refractivity contribution >= 4 is 17.5 Å². The second-order valence-corrected chi connectivity index (χ2v) is 4.48. The Hall–Kier alpha value is -1.03. The second-order valence-electron chi connectivity index (χ2n) is 4.10. The van der Waals surface area contributed by atoms with Crippen LogP contribution in [0.25, 0.3) is 0 Å². The van der Waals surface area contributed by atoms with Crippen molar-refractivity contribution in [3.05, 3.63) is 17.5 Å². The third-order valence-electron chi connectivity index (χ3n) is 2.89. The maximum atomic E-state index is 12.3. The summed E-state index contributed by atoms with van der Waals surface area (Å²) in [6.45, 7) is 5.36. The van der Waals surface area contributed by atoms with Gasteiger partial charge in [-0.25, -0.2) is 0 Å². The summed E-state index contributed by atoms with van der Waals surface area (Å²) < 4.78 is 1.71. The highest BCUT2D eigenvalue weighted by molar-refractivity contribution is 6.18. The summed E-state index contributed by atoms with van der Waals surface area (Å²) in [6.07, 6.45) is 3.70. The van der Waals surface area contributed by atoms with Gasteiger partial charge in [-0.1, -0.05) is 13.3 Å². The van der Waals surface area contributed by atoms with Crippen LogP contribution in [-0.4, -0.2) is 39.6 Å². The normalized spacial score (nSPS) is 10.6. The van der Waals surface area contributed by atoms with E-state index in [2.05, 4.69) is 12.0 Å². The number of nitrogens with zero attached hydrogens (tertiary/aromatic N) is 3. The van der Waals surface area contributed by atoms with E-state index in [0.29, 0.717) is 18.0 Å². The Balaban J connectivity index is 2.80. The topological polar surface area (TPSA) is 38.1 Å². The van der Waals surface area contributed by atoms with E-state index in [1.807, 2.05) is 14.0 Å². The quantitative estimate of drug-likeness (QED) is 0.733. The van der Waals surface area contributed by atoms with Crippen LogP contribution < -0.4 is 0 Å². The van der Waals surface area contributed by atoms with Gasteiger partial charge in [0.05, 0.1) is 11.8 Å². The predicted molar refractivity (Wildman–Crippen MR) is 69.5 cm³/mol. The van der Waals surface area contributed by atoms with E-state index in [-0.39, 0.29) is 5.91 Å². The van der Waals surface area contributed by atoms with Crippen LogP contribution in [0.4, 0.5) is 0 Å². The van der Waals surface area contributed by atoms with Crippen molar-refractivity contribution < 1.29 is 4.79 Å². The Kier molecular flexibility index (Phi) is 5.48. The lowest BCUT2D eigenvalue weighted by molar-refractivity contribution is 0.0762. The van der Waals surface area contributed by atoms with Gasteiger partial charge >= 0.3 is 0 Å². The summed E-state index contributed by atoms with van der Waals surface area (Å²) in [7, 11) is 1.84. The summed E-state index contributed by atoms with van der Waals surface area (Å²) in [5, 5.41) is 4.10. The van der Waals surface area contributed by atoms with Crippen molar-refractivity contribution in [2.75, 3.05) is 19.0 Å². The highest BCUT2D eigenvalue weighted by Gasteiger charge is 2.18. The molecule has 1 heterocycles. The molecular formula is C12H20ClN3O. The summed E-state index contributed by atoms with van der Waals surface area (Å²) in [6, 6.07) is 0. The van der Waals surface area contributed by atoms with Gasteiger partial charge in [-0.2, -0.15) is 5.10 Å². The Bertz CT molecular complexity index is 376. The molecule has 0 saturated heterocycles.